The minimum absolute atomic E-state index is 0.300. The van der Waals surface area contributed by atoms with Crippen molar-refractivity contribution in [3.63, 3.8) is 0 Å². The van der Waals surface area contributed by atoms with E-state index in [-0.39, 0.29) is 0 Å². The molecule has 0 fully saturated rings. The highest BCUT2D eigenvalue weighted by atomic mass is 16.3. The van der Waals surface area contributed by atoms with Crippen molar-refractivity contribution in [1.82, 2.24) is 10.3 Å². The van der Waals surface area contributed by atoms with E-state index in [4.69, 9.17) is 5.26 Å². The molecule has 0 saturated heterocycles. The van der Waals surface area contributed by atoms with Gasteiger partial charge in [-0.15, -0.1) is 0 Å². The Morgan fingerprint density at radius 3 is 2.64 bits per heavy atom. The first-order valence-corrected chi connectivity index (χ1v) is 7.50. The Morgan fingerprint density at radius 1 is 1.23 bits per heavy atom. The largest absolute Gasteiger partial charge is 0.387 e. The smallest absolute Gasteiger partial charge is 0.140 e. The van der Waals surface area contributed by atoms with Crippen LogP contribution in [0.5, 0.6) is 0 Å². The van der Waals surface area contributed by atoms with E-state index >= 15 is 0 Å². The van der Waals surface area contributed by atoms with Crippen molar-refractivity contribution in [2.45, 2.75) is 31.9 Å². The summed E-state index contributed by atoms with van der Waals surface area (Å²) in [6, 6.07) is 15.7. The molecule has 1 aromatic carbocycles. The van der Waals surface area contributed by atoms with Crippen LogP contribution in [0.3, 0.4) is 0 Å². The molecular formula is C18H21N3O. The Hall–Kier alpha value is -2.22. The summed E-state index contributed by atoms with van der Waals surface area (Å²) in [5.74, 6) is 0. The lowest BCUT2D eigenvalue weighted by atomic mass is 10.1. The van der Waals surface area contributed by atoms with Crippen molar-refractivity contribution in [3.05, 3.63) is 65.5 Å². The quantitative estimate of drug-likeness (QED) is 0.824. The highest BCUT2D eigenvalue weighted by Gasteiger charge is 2.09. The number of benzene rings is 1. The van der Waals surface area contributed by atoms with Crippen LogP contribution in [0.1, 0.15) is 36.3 Å². The Bertz CT molecular complexity index is 604. The van der Waals surface area contributed by atoms with Crippen LogP contribution in [0.2, 0.25) is 0 Å². The van der Waals surface area contributed by atoms with Crippen LogP contribution < -0.4 is 5.32 Å². The van der Waals surface area contributed by atoms with Gasteiger partial charge in [-0.3, -0.25) is 0 Å². The second-order valence-electron chi connectivity index (χ2n) is 5.44. The normalized spacial score (nSPS) is 13.3. The predicted molar refractivity (Wildman–Crippen MR) is 86.1 cm³/mol. The maximum Gasteiger partial charge on any atom is 0.140 e. The van der Waals surface area contributed by atoms with Gasteiger partial charge in [0, 0.05) is 18.8 Å². The summed E-state index contributed by atoms with van der Waals surface area (Å²) < 4.78 is 0. The average Bonchev–Trinajstić information content (AvgIpc) is 2.59. The number of pyridine rings is 1. The van der Waals surface area contributed by atoms with Crippen molar-refractivity contribution in [3.8, 4) is 6.07 Å². The molecule has 0 saturated carbocycles. The fourth-order valence-electron chi connectivity index (χ4n) is 2.23. The Labute approximate surface area is 131 Å². The summed E-state index contributed by atoms with van der Waals surface area (Å²) in [4.78, 5) is 4.07. The summed E-state index contributed by atoms with van der Waals surface area (Å²) in [5, 5.41) is 22.2. The minimum Gasteiger partial charge on any atom is -0.387 e. The predicted octanol–water partition coefficient (Wildman–Crippen LogP) is 2.60. The number of aromatic nitrogens is 1. The molecule has 2 N–H and O–H groups in total. The second kappa shape index (κ2) is 8.28. The van der Waals surface area contributed by atoms with Crippen molar-refractivity contribution in [2.75, 3.05) is 6.54 Å². The van der Waals surface area contributed by atoms with Crippen LogP contribution in [0, 0.1) is 11.3 Å². The Balaban J connectivity index is 1.73. The number of nitrogens with zero attached hydrogens (tertiary/aromatic N) is 2. The second-order valence-corrected chi connectivity index (χ2v) is 5.44. The molecule has 2 atom stereocenters. The van der Waals surface area contributed by atoms with E-state index in [0.717, 1.165) is 24.0 Å². The lowest BCUT2D eigenvalue weighted by Gasteiger charge is -2.17. The van der Waals surface area contributed by atoms with Crippen molar-refractivity contribution in [1.29, 1.82) is 5.26 Å². The highest BCUT2D eigenvalue weighted by Crippen LogP contribution is 2.11. The maximum atomic E-state index is 10.1. The molecule has 1 unspecified atom stereocenters. The monoisotopic (exact) mass is 295 g/mol. The summed E-state index contributed by atoms with van der Waals surface area (Å²) in [6.07, 6.45) is 3.12. The number of hydrogen-bond donors (Lipinski definition) is 2. The third kappa shape index (κ3) is 4.96. The van der Waals surface area contributed by atoms with Gasteiger partial charge in [-0.1, -0.05) is 36.4 Å². The third-order valence-electron chi connectivity index (χ3n) is 3.65. The van der Waals surface area contributed by atoms with E-state index in [9.17, 15) is 5.11 Å². The summed E-state index contributed by atoms with van der Waals surface area (Å²) >= 11 is 0. The van der Waals surface area contributed by atoms with Crippen LogP contribution in [0.15, 0.2) is 48.7 Å². The number of hydrogen-bond acceptors (Lipinski definition) is 4. The fourth-order valence-corrected chi connectivity index (χ4v) is 2.23. The van der Waals surface area contributed by atoms with Crippen molar-refractivity contribution < 1.29 is 5.11 Å². The van der Waals surface area contributed by atoms with Gasteiger partial charge in [-0.25, -0.2) is 4.98 Å². The first kappa shape index (κ1) is 16.2. The first-order chi connectivity index (χ1) is 10.7. The van der Waals surface area contributed by atoms with E-state index in [1.54, 1.807) is 12.3 Å². The molecule has 0 bridgehead atoms. The van der Waals surface area contributed by atoms with Gasteiger partial charge in [0.1, 0.15) is 11.8 Å². The van der Waals surface area contributed by atoms with Crippen molar-refractivity contribution >= 4 is 0 Å². The molecule has 2 rings (SSSR count). The zero-order valence-electron chi connectivity index (χ0n) is 12.7. The number of aliphatic hydroxyl groups is 1. The SMILES string of the molecule is CC(CCc1ccc(C#N)nc1)NC[C@@H](O)c1ccccc1. The lowest BCUT2D eigenvalue weighted by Crippen LogP contribution is -2.30. The van der Waals surface area contributed by atoms with Gasteiger partial charge in [-0.2, -0.15) is 5.26 Å². The van der Waals surface area contributed by atoms with Gasteiger partial charge < -0.3 is 10.4 Å². The molecule has 1 aromatic heterocycles. The molecule has 0 spiro atoms. The standard InChI is InChI=1S/C18H21N3O/c1-14(7-8-15-9-10-17(11-19)21-12-15)20-13-18(22)16-5-3-2-4-6-16/h2-6,9-10,12,14,18,20,22H,7-8,13H2,1H3/t14?,18-/m1/s1. The van der Waals surface area contributed by atoms with Crippen molar-refractivity contribution in [2.24, 2.45) is 0 Å². The van der Waals surface area contributed by atoms with Crippen LogP contribution in [-0.4, -0.2) is 22.7 Å². The van der Waals surface area contributed by atoms with Crippen LogP contribution in [-0.2, 0) is 6.42 Å². The number of rotatable bonds is 7. The van der Waals surface area contributed by atoms with E-state index < -0.39 is 6.10 Å². The molecule has 4 heteroatoms. The lowest BCUT2D eigenvalue weighted by molar-refractivity contribution is 0.170. The molecule has 0 aliphatic heterocycles. The third-order valence-corrected chi connectivity index (χ3v) is 3.65. The number of nitriles is 1. The van der Waals surface area contributed by atoms with Gasteiger partial charge in [0.15, 0.2) is 0 Å². The minimum atomic E-state index is -0.486. The Morgan fingerprint density at radius 2 is 2.00 bits per heavy atom. The number of aryl methyl sites for hydroxylation is 1. The fraction of sp³-hybridized carbons (Fsp3) is 0.333. The number of nitrogens with one attached hydrogen (secondary N) is 1. The zero-order chi connectivity index (χ0) is 15.8. The van der Waals surface area contributed by atoms with Gasteiger partial charge in [0.05, 0.1) is 6.10 Å². The van der Waals surface area contributed by atoms with Gasteiger partial charge in [-0.05, 0) is 37.0 Å². The van der Waals surface area contributed by atoms with Gasteiger partial charge in [0.25, 0.3) is 0 Å². The summed E-state index contributed by atoms with van der Waals surface area (Å²) in [5.41, 5.74) is 2.50. The average molecular weight is 295 g/mol. The number of aliphatic hydroxyl groups excluding tert-OH is 1. The molecule has 0 aliphatic carbocycles. The maximum absolute atomic E-state index is 10.1. The van der Waals surface area contributed by atoms with Gasteiger partial charge in [0.2, 0.25) is 0 Å². The van der Waals surface area contributed by atoms with E-state index in [2.05, 4.69) is 17.2 Å². The highest BCUT2D eigenvalue weighted by molar-refractivity contribution is 5.23. The van der Waals surface area contributed by atoms with Crippen LogP contribution >= 0.6 is 0 Å². The van der Waals surface area contributed by atoms with Crippen LogP contribution in [0.25, 0.3) is 0 Å². The molecular weight excluding hydrogens is 274 g/mol. The first-order valence-electron chi connectivity index (χ1n) is 7.50. The van der Waals surface area contributed by atoms with E-state index in [1.165, 1.54) is 0 Å². The molecule has 22 heavy (non-hydrogen) atoms. The van der Waals surface area contributed by atoms with Crippen LogP contribution in [0.4, 0.5) is 0 Å². The Kier molecular flexibility index (Phi) is 6.08. The molecule has 2 aromatic rings. The molecule has 0 amide bonds. The molecule has 0 aliphatic rings. The topological polar surface area (TPSA) is 68.9 Å². The van der Waals surface area contributed by atoms with E-state index in [1.807, 2.05) is 42.5 Å². The van der Waals surface area contributed by atoms with Gasteiger partial charge >= 0.3 is 0 Å². The summed E-state index contributed by atoms with van der Waals surface area (Å²) in [7, 11) is 0. The molecule has 4 nitrogen and oxygen atoms in total. The molecule has 0 radical (unpaired) electrons. The molecule has 114 valence electrons. The summed E-state index contributed by atoms with van der Waals surface area (Å²) in [6.45, 7) is 2.64. The zero-order valence-corrected chi connectivity index (χ0v) is 12.7. The van der Waals surface area contributed by atoms with E-state index in [0.29, 0.717) is 18.3 Å². The molecule has 1 heterocycles.